The predicted molar refractivity (Wildman–Crippen MR) is 94.7 cm³/mol. The van der Waals surface area contributed by atoms with E-state index < -0.39 is 6.10 Å². The molecule has 1 aliphatic rings. The van der Waals surface area contributed by atoms with Gasteiger partial charge in [-0.15, -0.1) is 12.4 Å². The Labute approximate surface area is 151 Å². The summed E-state index contributed by atoms with van der Waals surface area (Å²) in [6.45, 7) is 6.30. The van der Waals surface area contributed by atoms with Crippen LogP contribution < -0.4 is 10.1 Å². The Morgan fingerprint density at radius 1 is 1.57 bits per heavy atom. The fraction of sp³-hybridized carbons (Fsp3) is 0.562. The van der Waals surface area contributed by atoms with Gasteiger partial charge in [0.1, 0.15) is 11.6 Å². The number of halogens is 3. The van der Waals surface area contributed by atoms with Gasteiger partial charge in [-0.3, -0.25) is 4.79 Å². The molecule has 0 aliphatic carbocycles. The van der Waals surface area contributed by atoms with Crippen LogP contribution in [0.1, 0.15) is 26.7 Å². The highest BCUT2D eigenvalue weighted by Crippen LogP contribution is 2.27. The van der Waals surface area contributed by atoms with Crippen LogP contribution in [0.4, 0.5) is 4.39 Å². The van der Waals surface area contributed by atoms with Gasteiger partial charge < -0.3 is 15.0 Å². The third kappa shape index (κ3) is 5.33. The second kappa shape index (κ2) is 9.45. The second-order valence-electron chi connectivity index (χ2n) is 5.51. The molecule has 1 aromatic carbocycles. The first-order valence-corrected chi connectivity index (χ1v) is 8.45. The summed E-state index contributed by atoms with van der Waals surface area (Å²) in [7, 11) is 0. The first-order chi connectivity index (χ1) is 10.5. The molecule has 0 bridgehead atoms. The summed E-state index contributed by atoms with van der Waals surface area (Å²) in [5.41, 5.74) is 0. The van der Waals surface area contributed by atoms with E-state index in [1.807, 2.05) is 4.90 Å². The van der Waals surface area contributed by atoms with E-state index in [1.54, 1.807) is 6.92 Å². The minimum atomic E-state index is -0.603. The number of amides is 1. The van der Waals surface area contributed by atoms with E-state index in [-0.39, 0.29) is 30.2 Å². The van der Waals surface area contributed by atoms with E-state index in [0.717, 1.165) is 32.5 Å². The minimum absolute atomic E-state index is 0. The van der Waals surface area contributed by atoms with E-state index in [1.165, 1.54) is 18.2 Å². The molecule has 1 heterocycles. The topological polar surface area (TPSA) is 41.6 Å². The molecule has 0 aromatic heterocycles. The molecule has 1 saturated heterocycles. The molecular weight excluding hydrogens is 387 g/mol. The highest BCUT2D eigenvalue weighted by Gasteiger charge is 2.30. The Morgan fingerprint density at radius 3 is 2.87 bits per heavy atom. The molecule has 23 heavy (non-hydrogen) atoms. The minimum Gasteiger partial charge on any atom is -0.480 e. The SMILES string of the molecule is CCCN(C(=O)C(C)Oc1ccc(F)cc1Br)C1CCNC1.Cl. The van der Waals surface area contributed by atoms with Crippen LogP contribution in [-0.2, 0) is 4.79 Å². The molecule has 0 radical (unpaired) electrons. The van der Waals surface area contributed by atoms with Crippen molar-refractivity contribution in [1.82, 2.24) is 10.2 Å². The lowest BCUT2D eigenvalue weighted by molar-refractivity contribution is -0.140. The Morgan fingerprint density at radius 2 is 2.30 bits per heavy atom. The van der Waals surface area contributed by atoms with E-state index in [4.69, 9.17) is 4.74 Å². The standard InChI is InChI=1S/C16H22BrFN2O2.ClH/c1-3-8-20(13-6-7-19-10-13)16(21)11(2)22-15-5-4-12(18)9-14(15)17;/h4-5,9,11,13,19H,3,6-8,10H2,1-2H3;1H. The van der Waals surface area contributed by atoms with Crippen molar-refractivity contribution in [2.45, 2.75) is 38.8 Å². The summed E-state index contributed by atoms with van der Waals surface area (Å²) in [5, 5.41) is 3.29. The lowest BCUT2D eigenvalue weighted by atomic mass is 10.2. The second-order valence-corrected chi connectivity index (χ2v) is 6.37. The summed E-state index contributed by atoms with van der Waals surface area (Å²) in [6, 6.07) is 4.42. The monoisotopic (exact) mass is 408 g/mol. The van der Waals surface area contributed by atoms with E-state index in [2.05, 4.69) is 28.2 Å². The zero-order chi connectivity index (χ0) is 16.1. The number of benzene rings is 1. The predicted octanol–water partition coefficient (Wildman–Crippen LogP) is 3.38. The van der Waals surface area contributed by atoms with Crippen LogP contribution >= 0.6 is 28.3 Å². The van der Waals surface area contributed by atoms with Crippen molar-refractivity contribution in [2.24, 2.45) is 0 Å². The lowest BCUT2D eigenvalue weighted by Crippen LogP contribution is -2.47. The van der Waals surface area contributed by atoms with E-state index in [9.17, 15) is 9.18 Å². The van der Waals surface area contributed by atoms with Gasteiger partial charge in [-0.1, -0.05) is 6.92 Å². The Balaban J connectivity index is 0.00000264. The Bertz CT molecular complexity index is 527. The Kier molecular flexibility index (Phi) is 8.29. The molecule has 4 nitrogen and oxygen atoms in total. The average molecular weight is 410 g/mol. The van der Waals surface area contributed by atoms with Crippen LogP contribution in [-0.4, -0.2) is 42.6 Å². The van der Waals surface area contributed by atoms with Gasteiger partial charge >= 0.3 is 0 Å². The van der Waals surface area contributed by atoms with Crippen molar-refractivity contribution < 1.29 is 13.9 Å². The van der Waals surface area contributed by atoms with Gasteiger partial charge in [0, 0.05) is 19.1 Å². The maximum Gasteiger partial charge on any atom is 0.263 e. The molecule has 1 N–H and O–H groups in total. The van der Waals surface area contributed by atoms with Crippen LogP contribution in [0.3, 0.4) is 0 Å². The number of rotatable bonds is 6. The summed E-state index contributed by atoms with van der Waals surface area (Å²) in [5.74, 6) is 0.109. The normalized spacial score (nSPS) is 18.2. The van der Waals surface area contributed by atoms with Crippen LogP contribution in [0.5, 0.6) is 5.75 Å². The molecule has 0 spiro atoms. The molecule has 2 unspecified atom stereocenters. The fourth-order valence-corrected chi connectivity index (χ4v) is 3.11. The molecule has 130 valence electrons. The molecule has 1 aromatic rings. The quantitative estimate of drug-likeness (QED) is 0.783. The molecule has 1 fully saturated rings. The summed E-state index contributed by atoms with van der Waals surface area (Å²) < 4.78 is 19.3. The van der Waals surface area contributed by atoms with Crippen LogP contribution in [0.15, 0.2) is 22.7 Å². The van der Waals surface area contributed by atoms with Gasteiger partial charge in [0.05, 0.1) is 4.47 Å². The first kappa shape index (κ1) is 20.2. The summed E-state index contributed by atoms with van der Waals surface area (Å²) in [6.07, 6.45) is 1.28. The number of ether oxygens (including phenoxy) is 1. The Hall–Kier alpha value is -0.850. The van der Waals surface area contributed by atoms with E-state index in [0.29, 0.717) is 10.2 Å². The zero-order valence-electron chi connectivity index (χ0n) is 13.4. The van der Waals surface area contributed by atoms with Crippen LogP contribution in [0.2, 0.25) is 0 Å². The van der Waals surface area contributed by atoms with Crippen LogP contribution in [0.25, 0.3) is 0 Å². The molecule has 2 atom stereocenters. The zero-order valence-corrected chi connectivity index (χ0v) is 15.8. The van der Waals surface area contributed by atoms with Crippen molar-refractivity contribution in [1.29, 1.82) is 0 Å². The van der Waals surface area contributed by atoms with Crippen molar-refractivity contribution in [3.05, 3.63) is 28.5 Å². The van der Waals surface area contributed by atoms with E-state index >= 15 is 0 Å². The third-order valence-corrected chi connectivity index (χ3v) is 4.39. The average Bonchev–Trinajstić information content (AvgIpc) is 3.01. The van der Waals surface area contributed by atoms with Gasteiger partial charge in [0.2, 0.25) is 0 Å². The third-order valence-electron chi connectivity index (χ3n) is 3.77. The number of hydrogen-bond acceptors (Lipinski definition) is 3. The summed E-state index contributed by atoms with van der Waals surface area (Å²) in [4.78, 5) is 14.6. The van der Waals surface area contributed by atoms with Crippen molar-refractivity contribution >= 4 is 34.2 Å². The van der Waals surface area contributed by atoms with Gasteiger partial charge in [0.15, 0.2) is 6.10 Å². The van der Waals surface area contributed by atoms with Crippen LogP contribution in [0, 0.1) is 5.82 Å². The maximum absolute atomic E-state index is 13.1. The largest absolute Gasteiger partial charge is 0.480 e. The molecule has 7 heteroatoms. The van der Waals surface area contributed by atoms with Gasteiger partial charge in [-0.05, 0) is 60.4 Å². The number of carbonyl (C=O) groups excluding carboxylic acids is 1. The maximum atomic E-state index is 13.1. The molecule has 2 rings (SSSR count). The molecule has 0 saturated carbocycles. The summed E-state index contributed by atoms with van der Waals surface area (Å²) >= 11 is 3.26. The van der Waals surface area contributed by atoms with Crippen molar-refractivity contribution in [3.8, 4) is 5.75 Å². The lowest BCUT2D eigenvalue weighted by Gasteiger charge is -2.30. The number of hydrogen-bond donors (Lipinski definition) is 1. The molecular formula is C16H23BrClFN2O2. The highest BCUT2D eigenvalue weighted by molar-refractivity contribution is 9.10. The van der Waals surface area contributed by atoms with Crippen molar-refractivity contribution in [2.75, 3.05) is 19.6 Å². The van der Waals surface area contributed by atoms with Crippen molar-refractivity contribution in [3.63, 3.8) is 0 Å². The first-order valence-electron chi connectivity index (χ1n) is 7.65. The molecule has 1 aliphatic heterocycles. The number of nitrogens with zero attached hydrogens (tertiary/aromatic N) is 1. The van der Waals surface area contributed by atoms with Gasteiger partial charge in [-0.2, -0.15) is 0 Å². The highest BCUT2D eigenvalue weighted by atomic mass is 79.9. The number of carbonyl (C=O) groups is 1. The molecule has 1 amide bonds. The van der Waals surface area contributed by atoms with Gasteiger partial charge in [-0.25, -0.2) is 4.39 Å². The van der Waals surface area contributed by atoms with Gasteiger partial charge in [0.25, 0.3) is 5.91 Å². The fourth-order valence-electron chi connectivity index (χ4n) is 2.66. The smallest absolute Gasteiger partial charge is 0.263 e. The number of nitrogens with one attached hydrogen (secondary N) is 1.